The lowest BCUT2D eigenvalue weighted by molar-refractivity contribution is -0.323. The Labute approximate surface area is 192 Å². The van der Waals surface area contributed by atoms with Gasteiger partial charge in [-0.1, -0.05) is 6.07 Å². The van der Waals surface area contributed by atoms with Gasteiger partial charge in [0, 0.05) is 26.2 Å². The van der Waals surface area contributed by atoms with Crippen molar-refractivity contribution < 1.29 is 29.6 Å². The summed E-state index contributed by atoms with van der Waals surface area (Å²) in [5.41, 5.74) is 0.583. The molecule has 1 fully saturated rings. The van der Waals surface area contributed by atoms with E-state index in [0.717, 1.165) is 0 Å². The van der Waals surface area contributed by atoms with E-state index >= 15 is 0 Å². The fourth-order valence-corrected chi connectivity index (χ4v) is 3.32. The number of aliphatic hydroxyl groups is 3. The third kappa shape index (κ3) is 4.70. The van der Waals surface area contributed by atoms with Crippen LogP contribution >= 0.6 is 0 Å². The van der Waals surface area contributed by atoms with Gasteiger partial charge in [0.15, 0.2) is 23.1 Å². The fraction of sp³-hybridized carbons (Fsp3) is 0.263. The lowest BCUT2D eigenvalue weighted by Crippen LogP contribution is -2.48. The van der Waals surface area contributed by atoms with Crippen molar-refractivity contribution in [3.63, 3.8) is 0 Å². The first-order valence-corrected chi connectivity index (χ1v) is 9.89. The number of anilines is 3. The highest BCUT2D eigenvalue weighted by molar-refractivity contribution is 6.00. The number of aromatic nitrogens is 5. The molecule has 6 N–H and O–H groups in total. The molecule has 0 aliphatic carbocycles. The highest BCUT2D eigenvalue weighted by Crippen LogP contribution is 2.37. The number of carbonyl (C=O) groups excluding carboxylic acids is 2. The van der Waals surface area contributed by atoms with Crippen LogP contribution in [0.2, 0.25) is 0 Å². The smallest absolute Gasteiger partial charge is 0.369 e. The van der Waals surface area contributed by atoms with Gasteiger partial charge in [0.25, 0.3) is 5.91 Å². The molecule has 0 radical (unpaired) electrons. The van der Waals surface area contributed by atoms with E-state index in [0.29, 0.717) is 35.9 Å². The molecule has 3 heterocycles. The Morgan fingerprint density at radius 1 is 1.24 bits per heavy atom. The average molecular weight is 471 g/mol. The first-order chi connectivity index (χ1) is 16.2. The number of para-hydroxylation sites is 1. The van der Waals surface area contributed by atoms with Gasteiger partial charge >= 0.3 is 12.1 Å². The van der Waals surface area contributed by atoms with Crippen molar-refractivity contribution in [1.29, 1.82) is 0 Å². The van der Waals surface area contributed by atoms with Crippen molar-refractivity contribution in [2.45, 2.75) is 6.10 Å². The van der Waals surface area contributed by atoms with E-state index in [4.69, 9.17) is 20.1 Å². The molecule has 0 bridgehead atoms. The summed E-state index contributed by atoms with van der Waals surface area (Å²) in [6.07, 6.45) is -1.95. The van der Waals surface area contributed by atoms with Crippen LogP contribution in [0.15, 0.2) is 30.6 Å². The average Bonchev–Trinajstić information content (AvgIpc) is 3.40. The molecule has 15 nitrogen and oxygen atoms in total. The van der Waals surface area contributed by atoms with Crippen LogP contribution in [-0.2, 0) is 7.05 Å². The maximum Gasteiger partial charge on any atom is 0.369 e. The first-order valence-electron chi connectivity index (χ1n) is 9.89. The van der Waals surface area contributed by atoms with E-state index < -0.39 is 23.7 Å². The van der Waals surface area contributed by atoms with Crippen LogP contribution in [0.4, 0.5) is 22.0 Å². The minimum atomic E-state index is -3.48. The Morgan fingerprint density at radius 2 is 2.03 bits per heavy atom. The summed E-state index contributed by atoms with van der Waals surface area (Å²) >= 11 is 0. The molecule has 34 heavy (non-hydrogen) atoms. The Morgan fingerprint density at radius 3 is 2.65 bits per heavy atom. The van der Waals surface area contributed by atoms with E-state index in [1.54, 1.807) is 30.6 Å². The highest BCUT2D eigenvalue weighted by atomic mass is 16.7. The molecular formula is C19H21N9O6. The molecule has 0 saturated carbocycles. The summed E-state index contributed by atoms with van der Waals surface area (Å²) < 4.78 is 7.09. The van der Waals surface area contributed by atoms with Crippen LogP contribution in [0.25, 0.3) is 11.4 Å². The third-order valence-corrected chi connectivity index (χ3v) is 4.74. The molecule has 0 spiro atoms. The minimum Gasteiger partial charge on any atom is -0.494 e. The molecule has 0 atom stereocenters. The Balaban J connectivity index is 1.77. The molecule has 178 valence electrons. The van der Waals surface area contributed by atoms with Gasteiger partial charge in [-0.25, -0.2) is 9.78 Å². The van der Waals surface area contributed by atoms with Crippen molar-refractivity contribution in [2.75, 3.05) is 30.4 Å². The monoisotopic (exact) mass is 471 g/mol. The SMILES string of the molecule is COc1c(Nc2cc(N3CCNC3=O)nnc2C(=O)NC(O)(O)O)cccc1-c1ncn(C)n1. The van der Waals surface area contributed by atoms with Gasteiger partial charge in [0.2, 0.25) is 0 Å². The molecule has 15 heteroatoms. The maximum atomic E-state index is 12.5. The van der Waals surface area contributed by atoms with E-state index in [2.05, 4.69) is 30.9 Å². The highest BCUT2D eigenvalue weighted by Gasteiger charge is 2.29. The van der Waals surface area contributed by atoms with Crippen LogP contribution in [0.3, 0.4) is 0 Å². The number of hydrogen-bond donors (Lipinski definition) is 6. The summed E-state index contributed by atoms with van der Waals surface area (Å²) in [4.78, 5) is 30.1. The number of urea groups is 1. The van der Waals surface area contributed by atoms with Crippen molar-refractivity contribution in [3.8, 4) is 17.1 Å². The van der Waals surface area contributed by atoms with Gasteiger partial charge in [0.05, 0.1) is 24.0 Å². The van der Waals surface area contributed by atoms with Crippen molar-refractivity contribution in [3.05, 3.63) is 36.3 Å². The first kappa shape index (κ1) is 22.8. The van der Waals surface area contributed by atoms with Crippen molar-refractivity contribution in [1.82, 2.24) is 35.6 Å². The van der Waals surface area contributed by atoms with Crippen LogP contribution in [0.1, 0.15) is 10.5 Å². The van der Waals surface area contributed by atoms with Crippen molar-refractivity contribution >= 4 is 29.1 Å². The molecular weight excluding hydrogens is 450 g/mol. The number of rotatable bonds is 7. The standard InChI is InChI=1S/C19H21N9O6/c1-27-9-21-16(26-27)10-4-3-5-11(15(10)34-2)22-12-8-13(28-7-6-20-18(28)30)24-25-14(12)17(29)23-19(31,32)33/h3-5,8-9,31-33H,6-7H2,1-2H3,(H,20,30)(H,22,24)(H,23,29). The Kier molecular flexibility index (Phi) is 5.97. The Bertz CT molecular complexity index is 1240. The molecule has 1 aliphatic rings. The van der Waals surface area contributed by atoms with Gasteiger partial charge in [-0.15, -0.1) is 10.2 Å². The zero-order valence-electron chi connectivity index (χ0n) is 18.1. The number of nitrogens with one attached hydrogen (secondary N) is 3. The van der Waals surface area contributed by atoms with Gasteiger partial charge in [-0.3, -0.25) is 19.7 Å². The van der Waals surface area contributed by atoms with Crippen molar-refractivity contribution in [2.24, 2.45) is 7.05 Å². The zero-order valence-corrected chi connectivity index (χ0v) is 18.1. The summed E-state index contributed by atoms with van der Waals surface area (Å²) in [6.45, 7) is 0.732. The summed E-state index contributed by atoms with van der Waals surface area (Å²) in [7, 11) is 3.17. The minimum absolute atomic E-state index is 0.0379. The Hall–Kier alpha value is -4.34. The van der Waals surface area contributed by atoms with Crippen LogP contribution in [-0.4, -0.2) is 78.5 Å². The molecule has 3 aromatic rings. The number of ether oxygens (including phenoxy) is 1. The largest absolute Gasteiger partial charge is 0.494 e. The zero-order chi connectivity index (χ0) is 24.5. The normalized spacial score (nSPS) is 13.6. The van der Waals surface area contributed by atoms with E-state index in [1.165, 1.54) is 29.1 Å². The van der Waals surface area contributed by atoms with Gasteiger partial charge < -0.3 is 30.7 Å². The van der Waals surface area contributed by atoms with Gasteiger partial charge in [-0.05, 0) is 12.1 Å². The number of aryl methyl sites for hydroxylation is 1. The number of amides is 3. The second kappa shape index (κ2) is 8.89. The number of methoxy groups -OCH3 is 1. The molecule has 4 rings (SSSR count). The van der Waals surface area contributed by atoms with Gasteiger partial charge in [-0.2, -0.15) is 5.10 Å². The van der Waals surface area contributed by atoms with E-state index in [-0.39, 0.29) is 11.5 Å². The summed E-state index contributed by atoms with van der Waals surface area (Å²) in [6, 6.07) is 6.10. The molecule has 1 saturated heterocycles. The molecule has 1 aliphatic heterocycles. The fourth-order valence-electron chi connectivity index (χ4n) is 3.32. The number of nitrogens with zero attached hydrogens (tertiary/aromatic N) is 6. The molecule has 0 unspecified atom stereocenters. The van der Waals surface area contributed by atoms with Gasteiger partial charge in [0.1, 0.15) is 6.33 Å². The molecule has 1 aromatic carbocycles. The lowest BCUT2D eigenvalue weighted by Gasteiger charge is -2.19. The second-order valence-electron chi connectivity index (χ2n) is 7.19. The number of carbonyl (C=O) groups is 2. The second-order valence-corrected chi connectivity index (χ2v) is 7.19. The van der Waals surface area contributed by atoms with E-state index in [9.17, 15) is 9.59 Å². The number of benzene rings is 1. The lowest BCUT2D eigenvalue weighted by atomic mass is 10.1. The topological polar surface area (TPSA) is 200 Å². The van der Waals surface area contributed by atoms with Crippen LogP contribution in [0, 0.1) is 0 Å². The predicted octanol–water partition coefficient (Wildman–Crippen LogP) is -1.13. The third-order valence-electron chi connectivity index (χ3n) is 4.74. The van der Waals surface area contributed by atoms with Crippen LogP contribution in [0.5, 0.6) is 5.75 Å². The summed E-state index contributed by atoms with van der Waals surface area (Å²) in [5.74, 6) is -0.271. The molecule has 3 amide bonds. The quantitative estimate of drug-likeness (QED) is 0.228. The molecule has 2 aromatic heterocycles. The predicted molar refractivity (Wildman–Crippen MR) is 116 cm³/mol. The van der Waals surface area contributed by atoms with E-state index in [1.807, 2.05) is 0 Å². The van der Waals surface area contributed by atoms with Crippen LogP contribution < -0.4 is 25.6 Å². The number of hydrogen-bond acceptors (Lipinski definition) is 11. The summed E-state index contributed by atoms with van der Waals surface area (Å²) in [5, 5.41) is 46.7. The maximum absolute atomic E-state index is 12.5.